The van der Waals surface area contributed by atoms with Crippen molar-refractivity contribution in [3.05, 3.63) is 52.2 Å². The highest BCUT2D eigenvalue weighted by atomic mass is 35.5. The van der Waals surface area contributed by atoms with E-state index in [1.165, 1.54) is 4.88 Å². The summed E-state index contributed by atoms with van der Waals surface area (Å²) in [6, 6.07) is 12.2. The van der Waals surface area contributed by atoms with E-state index in [1.54, 1.807) is 18.4 Å². The van der Waals surface area contributed by atoms with Gasteiger partial charge in [-0.3, -0.25) is 4.79 Å². The highest BCUT2D eigenvalue weighted by Gasteiger charge is 2.58. The molecule has 1 aromatic carbocycles. The van der Waals surface area contributed by atoms with E-state index in [4.69, 9.17) is 4.74 Å². The van der Waals surface area contributed by atoms with Crippen LogP contribution in [-0.4, -0.2) is 31.0 Å². The lowest BCUT2D eigenvalue weighted by atomic mass is 9.91. The summed E-state index contributed by atoms with van der Waals surface area (Å²) in [5, 5.41) is 5.50. The number of nitrogens with zero attached hydrogens (tertiary/aromatic N) is 1. The van der Waals surface area contributed by atoms with Crippen LogP contribution in [0.25, 0.3) is 0 Å². The number of nitrogens with one attached hydrogen (secondary N) is 1. The van der Waals surface area contributed by atoms with Crippen LogP contribution in [-0.2, 0) is 17.9 Å². The number of hydrogen-bond acceptors (Lipinski definition) is 4. The number of benzene rings is 1. The maximum absolute atomic E-state index is 13.4. The highest BCUT2D eigenvalue weighted by molar-refractivity contribution is 7.09. The molecule has 4 nitrogen and oxygen atoms in total. The van der Waals surface area contributed by atoms with Crippen molar-refractivity contribution in [1.29, 1.82) is 0 Å². The monoisotopic (exact) mass is 406 g/mol. The number of para-hydroxylation sites is 1. The maximum atomic E-state index is 13.4. The molecule has 1 saturated heterocycles. The summed E-state index contributed by atoms with van der Waals surface area (Å²) < 4.78 is 5.50. The van der Waals surface area contributed by atoms with E-state index in [0.717, 1.165) is 43.7 Å². The summed E-state index contributed by atoms with van der Waals surface area (Å²) in [6.45, 7) is 3.37. The van der Waals surface area contributed by atoms with Gasteiger partial charge in [0.05, 0.1) is 13.7 Å². The summed E-state index contributed by atoms with van der Waals surface area (Å²) >= 11 is 1.71. The van der Waals surface area contributed by atoms with Crippen molar-refractivity contribution < 1.29 is 9.53 Å². The molecule has 1 aliphatic carbocycles. The van der Waals surface area contributed by atoms with E-state index < -0.39 is 0 Å². The third-order valence-corrected chi connectivity index (χ3v) is 6.74. The maximum Gasteiger partial charge on any atom is 0.226 e. The van der Waals surface area contributed by atoms with Crippen LogP contribution in [0.1, 0.15) is 29.7 Å². The Labute approximate surface area is 171 Å². The summed E-state index contributed by atoms with van der Waals surface area (Å²) in [5.74, 6) is 1.36. The Hall–Kier alpha value is -1.56. The largest absolute Gasteiger partial charge is 0.496 e. The Morgan fingerprint density at radius 3 is 2.70 bits per heavy atom. The highest BCUT2D eigenvalue weighted by Crippen LogP contribution is 2.59. The molecule has 2 aromatic rings. The number of halogens is 1. The first kappa shape index (κ1) is 20.2. The van der Waals surface area contributed by atoms with Gasteiger partial charge in [-0.2, -0.15) is 0 Å². The van der Waals surface area contributed by atoms with Crippen molar-refractivity contribution in [3.8, 4) is 5.75 Å². The number of hydrogen-bond donors (Lipinski definition) is 1. The molecule has 1 amide bonds. The fourth-order valence-electron chi connectivity index (χ4n) is 4.24. The van der Waals surface area contributed by atoms with Gasteiger partial charge in [0.1, 0.15) is 5.75 Å². The fraction of sp³-hybridized carbons (Fsp3) is 0.476. The lowest BCUT2D eigenvalue weighted by Crippen LogP contribution is -2.36. The number of rotatable bonds is 6. The average Bonchev–Trinajstić information content (AvgIpc) is 3.11. The molecular formula is C21H27ClN2O2S. The number of ether oxygens (including phenoxy) is 1. The smallest absolute Gasteiger partial charge is 0.226 e. The fourth-order valence-corrected chi connectivity index (χ4v) is 4.96. The van der Waals surface area contributed by atoms with Crippen LogP contribution < -0.4 is 10.1 Å². The number of piperidine rings is 1. The van der Waals surface area contributed by atoms with Crippen molar-refractivity contribution in [2.24, 2.45) is 11.3 Å². The zero-order chi connectivity index (χ0) is 18.0. The quantitative estimate of drug-likeness (QED) is 0.785. The Balaban J connectivity index is 0.00000210. The van der Waals surface area contributed by atoms with Crippen LogP contribution in [0.2, 0.25) is 0 Å². The lowest BCUT2D eigenvalue weighted by molar-refractivity contribution is -0.134. The number of carbonyl (C=O) groups is 1. The Kier molecular flexibility index (Phi) is 6.45. The first-order valence-corrected chi connectivity index (χ1v) is 10.2. The molecule has 27 heavy (non-hydrogen) atoms. The number of thiophene rings is 1. The average molecular weight is 407 g/mol. The first-order chi connectivity index (χ1) is 12.7. The topological polar surface area (TPSA) is 41.6 Å². The van der Waals surface area contributed by atoms with Crippen molar-refractivity contribution in [2.45, 2.75) is 32.4 Å². The molecule has 0 bridgehead atoms. The molecule has 2 aliphatic rings. The van der Waals surface area contributed by atoms with Gasteiger partial charge >= 0.3 is 0 Å². The molecule has 1 saturated carbocycles. The number of methoxy groups -OCH3 is 1. The van der Waals surface area contributed by atoms with Gasteiger partial charge in [-0.1, -0.05) is 24.3 Å². The summed E-state index contributed by atoms with van der Waals surface area (Å²) in [6.07, 6.45) is 3.32. The van der Waals surface area contributed by atoms with Crippen LogP contribution in [0.15, 0.2) is 41.8 Å². The molecular weight excluding hydrogens is 380 g/mol. The molecule has 0 radical (unpaired) electrons. The second-order valence-electron chi connectivity index (χ2n) is 7.45. The van der Waals surface area contributed by atoms with Crippen LogP contribution in [0.4, 0.5) is 0 Å². The summed E-state index contributed by atoms with van der Waals surface area (Å²) in [4.78, 5) is 16.6. The molecule has 1 atom stereocenters. The third kappa shape index (κ3) is 4.31. The van der Waals surface area contributed by atoms with E-state index >= 15 is 0 Å². The third-order valence-electron chi connectivity index (χ3n) is 5.88. The standard InChI is InChI=1S/C21H26N2O2S.ClH/c1-25-19-7-3-2-5-16(19)14-23(15-17-6-4-12-26-17)20(24)18-13-21(18)8-10-22-11-9-21;/h2-7,12,18,22H,8-11,13-15H2,1H3;1H. The van der Waals surface area contributed by atoms with Gasteiger partial charge in [-0.05, 0) is 55.3 Å². The van der Waals surface area contributed by atoms with Crippen molar-refractivity contribution in [2.75, 3.05) is 20.2 Å². The Morgan fingerprint density at radius 2 is 2.00 bits per heavy atom. The van der Waals surface area contributed by atoms with E-state index in [-0.39, 0.29) is 23.7 Å². The van der Waals surface area contributed by atoms with E-state index in [1.807, 2.05) is 23.1 Å². The molecule has 6 heteroatoms. The zero-order valence-corrected chi connectivity index (χ0v) is 17.3. The van der Waals surface area contributed by atoms with Gasteiger partial charge < -0.3 is 15.0 Å². The van der Waals surface area contributed by atoms with Gasteiger partial charge in [-0.25, -0.2) is 0 Å². The predicted octanol–water partition coefficient (Wildman–Crippen LogP) is 4.10. The molecule has 2 fully saturated rings. The second-order valence-corrected chi connectivity index (χ2v) is 8.49. The molecule has 146 valence electrons. The summed E-state index contributed by atoms with van der Waals surface area (Å²) in [7, 11) is 1.69. The van der Waals surface area contributed by atoms with Gasteiger partial charge in [-0.15, -0.1) is 23.7 Å². The summed E-state index contributed by atoms with van der Waals surface area (Å²) in [5.41, 5.74) is 1.33. The van der Waals surface area contributed by atoms with Gasteiger partial charge in [0.25, 0.3) is 0 Å². The molecule has 1 spiro atoms. The van der Waals surface area contributed by atoms with E-state index in [9.17, 15) is 4.79 Å². The molecule has 4 rings (SSSR count). The van der Waals surface area contributed by atoms with E-state index in [2.05, 4.69) is 28.9 Å². The zero-order valence-electron chi connectivity index (χ0n) is 15.6. The SMILES string of the molecule is COc1ccccc1CN(Cc1cccs1)C(=O)C1CC12CCNCC2.Cl. The second kappa shape index (κ2) is 8.63. The van der Waals surface area contributed by atoms with Gasteiger partial charge in [0, 0.05) is 22.9 Å². The van der Waals surface area contributed by atoms with Crippen LogP contribution in [0.5, 0.6) is 5.75 Å². The minimum absolute atomic E-state index is 0. The Bertz CT molecular complexity index is 759. The molecule has 2 heterocycles. The van der Waals surface area contributed by atoms with Crippen molar-refractivity contribution in [1.82, 2.24) is 10.2 Å². The molecule has 1 aromatic heterocycles. The molecule has 1 N–H and O–H groups in total. The molecule has 1 unspecified atom stereocenters. The normalized spacial score (nSPS) is 20.0. The van der Waals surface area contributed by atoms with Gasteiger partial charge in [0.2, 0.25) is 5.91 Å². The van der Waals surface area contributed by atoms with Crippen LogP contribution in [0, 0.1) is 11.3 Å². The van der Waals surface area contributed by atoms with Crippen LogP contribution >= 0.6 is 23.7 Å². The lowest BCUT2D eigenvalue weighted by Gasteiger charge is -2.27. The first-order valence-electron chi connectivity index (χ1n) is 9.36. The van der Waals surface area contributed by atoms with Crippen LogP contribution in [0.3, 0.4) is 0 Å². The minimum Gasteiger partial charge on any atom is -0.496 e. The van der Waals surface area contributed by atoms with Crippen molar-refractivity contribution >= 4 is 29.7 Å². The number of carbonyl (C=O) groups excluding carboxylic acids is 1. The minimum atomic E-state index is 0. The Morgan fingerprint density at radius 1 is 1.22 bits per heavy atom. The predicted molar refractivity (Wildman–Crippen MR) is 111 cm³/mol. The molecule has 1 aliphatic heterocycles. The van der Waals surface area contributed by atoms with Gasteiger partial charge in [0.15, 0.2) is 0 Å². The van der Waals surface area contributed by atoms with E-state index in [0.29, 0.717) is 19.0 Å². The van der Waals surface area contributed by atoms with Crippen molar-refractivity contribution in [3.63, 3.8) is 0 Å². The number of amides is 1.